The zero-order valence-electron chi connectivity index (χ0n) is 9.86. The zero-order chi connectivity index (χ0) is 13.1. The van der Waals surface area contributed by atoms with Gasteiger partial charge in [-0.25, -0.2) is 9.37 Å². The lowest BCUT2D eigenvalue weighted by molar-refractivity contribution is 0.0978. The molecule has 0 saturated heterocycles. The number of aromatic nitrogens is 2. The van der Waals surface area contributed by atoms with Crippen LogP contribution in [0.4, 0.5) is 4.39 Å². The summed E-state index contributed by atoms with van der Waals surface area (Å²) in [7, 11) is 1.87. The van der Waals surface area contributed by atoms with Crippen molar-refractivity contribution in [2.45, 2.75) is 12.8 Å². The first-order valence-corrected chi connectivity index (χ1v) is 6.31. The molecule has 0 aliphatic carbocycles. The molecule has 1 aromatic carbocycles. The highest BCUT2D eigenvalue weighted by molar-refractivity contribution is 9.10. The van der Waals surface area contributed by atoms with Crippen LogP contribution in [0, 0.1) is 5.82 Å². The van der Waals surface area contributed by atoms with Gasteiger partial charge >= 0.3 is 0 Å². The summed E-state index contributed by atoms with van der Waals surface area (Å²) in [5.41, 5.74) is 0.132. The number of hydrogen-bond donors (Lipinski definition) is 0. The second-order valence-electron chi connectivity index (χ2n) is 4.00. The molecule has 0 radical (unpaired) electrons. The van der Waals surface area contributed by atoms with Crippen LogP contribution >= 0.6 is 15.9 Å². The van der Waals surface area contributed by atoms with Crippen molar-refractivity contribution in [3.8, 4) is 0 Å². The average Bonchev–Trinajstić information content (AvgIpc) is 2.72. The normalized spacial score (nSPS) is 10.6. The number of aryl methyl sites for hydroxylation is 2. The number of ketones is 1. The van der Waals surface area contributed by atoms with Gasteiger partial charge in [0, 0.05) is 36.8 Å². The molecular formula is C13H12BrFN2O. The van der Waals surface area contributed by atoms with E-state index in [1.54, 1.807) is 12.3 Å². The van der Waals surface area contributed by atoms with Crippen LogP contribution in [0.3, 0.4) is 0 Å². The average molecular weight is 311 g/mol. The molecule has 2 aromatic rings. The fraction of sp³-hybridized carbons (Fsp3) is 0.231. The maximum atomic E-state index is 13.6. The van der Waals surface area contributed by atoms with Gasteiger partial charge in [-0.15, -0.1) is 0 Å². The Balaban J connectivity index is 2.06. The number of nitrogens with zero attached hydrogens (tertiary/aromatic N) is 2. The Bertz CT molecular complexity index is 580. The number of carbonyl (C=O) groups excluding carboxylic acids is 1. The van der Waals surface area contributed by atoms with E-state index < -0.39 is 5.82 Å². The zero-order valence-corrected chi connectivity index (χ0v) is 11.4. The van der Waals surface area contributed by atoms with E-state index in [9.17, 15) is 9.18 Å². The number of rotatable bonds is 4. The maximum absolute atomic E-state index is 13.6. The van der Waals surface area contributed by atoms with Gasteiger partial charge in [-0.2, -0.15) is 0 Å². The Morgan fingerprint density at radius 1 is 1.50 bits per heavy atom. The molecule has 2 rings (SSSR count). The predicted molar refractivity (Wildman–Crippen MR) is 70.0 cm³/mol. The molecule has 0 N–H and O–H groups in total. The topological polar surface area (TPSA) is 34.9 Å². The Hall–Kier alpha value is -1.49. The van der Waals surface area contributed by atoms with Gasteiger partial charge in [0.05, 0.1) is 5.56 Å². The number of benzene rings is 1. The highest BCUT2D eigenvalue weighted by Gasteiger charge is 2.12. The lowest BCUT2D eigenvalue weighted by Crippen LogP contribution is -2.06. The van der Waals surface area contributed by atoms with Crippen LogP contribution in [0.1, 0.15) is 22.6 Å². The molecular weight excluding hydrogens is 299 g/mol. The smallest absolute Gasteiger partial charge is 0.166 e. The summed E-state index contributed by atoms with van der Waals surface area (Å²) >= 11 is 3.16. The standard InChI is InChI=1S/C13H12BrFN2O/c1-17-7-6-16-13(17)5-4-12(18)10-3-2-9(14)8-11(10)15/h2-3,6-8H,4-5H2,1H3. The lowest BCUT2D eigenvalue weighted by atomic mass is 10.1. The van der Waals surface area contributed by atoms with Crippen LogP contribution < -0.4 is 0 Å². The van der Waals surface area contributed by atoms with Gasteiger partial charge in [-0.3, -0.25) is 4.79 Å². The minimum absolute atomic E-state index is 0.132. The number of imidazole rings is 1. The van der Waals surface area contributed by atoms with Gasteiger partial charge in [0.1, 0.15) is 11.6 Å². The SMILES string of the molecule is Cn1ccnc1CCC(=O)c1ccc(Br)cc1F. The van der Waals surface area contributed by atoms with E-state index in [1.807, 2.05) is 17.8 Å². The molecule has 0 fully saturated rings. The van der Waals surface area contributed by atoms with Crippen LogP contribution in [-0.2, 0) is 13.5 Å². The molecule has 0 aliphatic rings. The van der Waals surface area contributed by atoms with E-state index in [-0.39, 0.29) is 17.8 Å². The lowest BCUT2D eigenvalue weighted by Gasteiger charge is -2.03. The fourth-order valence-electron chi connectivity index (χ4n) is 1.71. The van der Waals surface area contributed by atoms with Crippen molar-refractivity contribution in [3.05, 3.63) is 52.3 Å². The van der Waals surface area contributed by atoms with Gasteiger partial charge in [0.2, 0.25) is 0 Å². The highest BCUT2D eigenvalue weighted by Crippen LogP contribution is 2.17. The molecule has 5 heteroatoms. The number of carbonyl (C=O) groups is 1. The molecule has 94 valence electrons. The second kappa shape index (κ2) is 5.44. The first-order valence-electron chi connectivity index (χ1n) is 5.52. The van der Waals surface area contributed by atoms with Gasteiger partial charge in [-0.1, -0.05) is 15.9 Å². The van der Waals surface area contributed by atoms with E-state index >= 15 is 0 Å². The molecule has 0 unspecified atom stereocenters. The Morgan fingerprint density at radius 2 is 2.28 bits per heavy atom. The molecule has 0 aliphatic heterocycles. The van der Waals surface area contributed by atoms with E-state index in [0.29, 0.717) is 10.9 Å². The van der Waals surface area contributed by atoms with Crippen molar-refractivity contribution in [2.75, 3.05) is 0 Å². The van der Waals surface area contributed by atoms with E-state index in [2.05, 4.69) is 20.9 Å². The molecule has 1 heterocycles. The Kier molecular flexibility index (Phi) is 3.91. The van der Waals surface area contributed by atoms with Gasteiger partial charge in [0.15, 0.2) is 5.78 Å². The van der Waals surface area contributed by atoms with Crippen LogP contribution in [0.2, 0.25) is 0 Å². The van der Waals surface area contributed by atoms with Crippen LogP contribution in [0.5, 0.6) is 0 Å². The maximum Gasteiger partial charge on any atom is 0.166 e. The molecule has 0 amide bonds. The summed E-state index contributed by atoms with van der Waals surface area (Å²) in [5, 5.41) is 0. The Morgan fingerprint density at radius 3 is 2.89 bits per heavy atom. The first kappa shape index (κ1) is 13.0. The third-order valence-electron chi connectivity index (χ3n) is 2.73. The van der Waals surface area contributed by atoms with Crippen LogP contribution in [0.15, 0.2) is 35.1 Å². The van der Waals surface area contributed by atoms with Gasteiger partial charge in [-0.05, 0) is 18.2 Å². The first-order chi connectivity index (χ1) is 8.58. The van der Waals surface area contributed by atoms with E-state index in [0.717, 1.165) is 5.82 Å². The number of Topliss-reactive ketones (excluding diaryl/α,β-unsaturated/α-hetero) is 1. The molecule has 1 aromatic heterocycles. The van der Waals surface area contributed by atoms with E-state index in [4.69, 9.17) is 0 Å². The summed E-state index contributed by atoms with van der Waals surface area (Å²) in [4.78, 5) is 16.0. The highest BCUT2D eigenvalue weighted by atomic mass is 79.9. The summed E-state index contributed by atoms with van der Waals surface area (Å²) in [6.07, 6.45) is 4.27. The van der Waals surface area contributed by atoms with Crippen molar-refractivity contribution in [1.82, 2.24) is 9.55 Å². The van der Waals surface area contributed by atoms with Crippen molar-refractivity contribution in [2.24, 2.45) is 7.05 Å². The minimum Gasteiger partial charge on any atom is -0.338 e. The monoisotopic (exact) mass is 310 g/mol. The van der Waals surface area contributed by atoms with Crippen molar-refractivity contribution in [1.29, 1.82) is 0 Å². The molecule has 0 bridgehead atoms. The van der Waals surface area contributed by atoms with Crippen molar-refractivity contribution in [3.63, 3.8) is 0 Å². The summed E-state index contributed by atoms with van der Waals surface area (Å²) in [6.45, 7) is 0. The number of halogens is 2. The summed E-state index contributed by atoms with van der Waals surface area (Å²) < 4.78 is 16.1. The quantitative estimate of drug-likeness (QED) is 0.813. The van der Waals surface area contributed by atoms with Crippen molar-refractivity contribution < 1.29 is 9.18 Å². The molecule has 3 nitrogen and oxygen atoms in total. The minimum atomic E-state index is -0.491. The van der Waals surface area contributed by atoms with Gasteiger partial charge in [0.25, 0.3) is 0 Å². The molecule has 0 atom stereocenters. The summed E-state index contributed by atoms with van der Waals surface area (Å²) in [5.74, 6) is 0.123. The predicted octanol–water partition coefficient (Wildman–Crippen LogP) is 3.14. The van der Waals surface area contributed by atoms with E-state index in [1.165, 1.54) is 12.1 Å². The molecule has 0 saturated carbocycles. The van der Waals surface area contributed by atoms with Gasteiger partial charge < -0.3 is 4.57 Å². The number of hydrogen-bond acceptors (Lipinski definition) is 2. The fourth-order valence-corrected chi connectivity index (χ4v) is 2.05. The molecule has 18 heavy (non-hydrogen) atoms. The molecule has 0 spiro atoms. The largest absolute Gasteiger partial charge is 0.338 e. The third kappa shape index (κ3) is 2.85. The summed E-state index contributed by atoms with van der Waals surface area (Å²) in [6, 6.07) is 4.46. The second-order valence-corrected chi connectivity index (χ2v) is 4.92. The van der Waals surface area contributed by atoms with Crippen molar-refractivity contribution >= 4 is 21.7 Å². The van der Waals surface area contributed by atoms with Crippen LogP contribution in [0.25, 0.3) is 0 Å². The van der Waals surface area contributed by atoms with Crippen LogP contribution in [-0.4, -0.2) is 15.3 Å². The third-order valence-corrected chi connectivity index (χ3v) is 3.22. The Labute approximate surface area is 113 Å².